The van der Waals surface area contributed by atoms with Crippen molar-refractivity contribution in [2.45, 2.75) is 52.2 Å². The zero-order valence-corrected chi connectivity index (χ0v) is 24.4. The molecule has 1 fully saturated rings. The summed E-state index contributed by atoms with van der Waals surface area (Å²) in [4.78, 5) is 28.1. The number of hydrogen-bond acceptors (Lipinski definition) is 5. The second kappa shape index (κ2) is 12.9. The van der Waals surface area contributed by atoms with Crippen LogP contribution in [-0.4, -0.2) is 29.5 Å². The Balaban J connectivity index is 1.25. The lowest BCUT2D eigenvalue weighted by molar-refractivity contribution is -0.129. The van der Waals surface area contributed by atoms with Crippen molar-refractivity contribution in [3.63, 3.8) is 0 Å². The summed E-state index contributed by atoms with van der Waals surface area (Å²) in [6, 6.07) is 28.2. The van der Waals surface area contributed by atoms with Gasteiger partial charge in [0.25, 0.3) is 0 Å². The van der Waals surface area contributed by atoms with Gasteiger partial charge in [0.15, 0.2) is 5.06 Å². The van der Waals surface area contributed by atoms with Crippen LogP contribution in [0.5, 0.6) is 5.06 Å². The van der Waals surface area contributed by atoms with Crippen molar-refractivity contribution in [1.29, 1.82) is 0 Å². The molecular formula is C35H33NO4S. The Morgan fingerprint density at radius 2 is 1.73 bits per heavy atom. The Kier molecular flexibility index (Phi) is 8.86. The number of imide groups is 1. The lowest BCUT2D eigenvalue weighted by Crippen LogP contribution is -2.40. The van der Waals surface area contributed by atoms with Crippen LogP contribution in [0.4, 0.5) is 4.79 Å². The molecule has 0 N–H and O–H groups in total. The number of cyclic esters (lactones) is 1. The van der Waals surface area contributed by atoms with Crippen LogP contribution in [0.1, 0.15) is 46.4 Å². The number of hydrogen-bond donors (Lipinski definition) is 0. The Morgan fingerprint density at radius 3 is 2.49 bits per heavy atom. The second-order valence-corrected chi connectivity index (χ2v) is 11.3. The maximum absolute atomic E-state index is 13.4. The van der Waals surface area contributed by atoms with E-state index < -0.39 is 6.09 Å². The van der Waals surface area contributed by atoms with Gasteiger partial charge in [-0.05, 0) is 78.8 Å². The van der Waals surface area contributed by atoms with Crippen LogP contribution in [0.15, 0.2) is 84.9 Å². The first-order valence-corrected chi connectivity index (χ1v) is 14.6. The van der Waals surface area contributed by atoms with Crippen LogP contribution in [0.2, 0.25) is 0 Å². The van der Waals surface area contributed by atoms with E-state index in [9.17, 15) is 9.59 Å². The third-order valence-electron chi connectivity index (χ3n) is 7.26. The maximum Gasteiger partial charge on any atom is 0.416 e. The Bertz CT molecular complexity index is 1580. The predicted octanol–water partition coefficient (Wildman–Crippen LogP) is 7.70. The number of nitrogens with zero attached hydrogens (tertiary/aromatic N) is 1. The number of amides is 2. The summed E-state index contributed by atoms with van der Waals surface area (Å²) < 4.78 is 11.4. The van der Waals surface area contributed by atoms with Gasteiger partial charge in [0, 0.05) is 11.3 Å². The van der Waals surface area contributed by atoms with Crippen LogP contribution in [0.25, 0.3) is 11.1 Å². The highest BCUT2D eigenvalue weighted by molar-refractivity contribution is 7.14. The topological polar surface area (TPSA) is 55.8 Å². The molecule has 1 aromatic heterocycles. The average molecular weight is 564 g/mol. The van der Waals surface area contributed by atoms with Gasteiger partial charge in [0.1, 0.15) is 13.2 Å². The van der Waals surface area contributed by atoms with Gasteiger partial charge in [0.2, 0.25) is 5.91 Å². The summed E-state index contributed by atoms with van der Waals surface area (Å²) in [5, 5.41) is 0.760. The zero-order chi connectivity index (χ0) is 28.8. The van der Waals surface area contributed by atoms with Crippen molar-refractivity contribution in [3.8, 4) is 28.0 Å². The number of benzene rings is 3. The predicted molar refractivity (Wildman–Crippen MR) is 163 cm³/mol. The van der Waals surface area contributed by atoms with Crippen molar-refractivity contribution in [2.75, 3.05) is 6.61 Å². The van der Waals surface area contributed by atoms with E-state index in [0.717, 1.165) is 21.1 Å². The minimum atomic E-state index is -0.586. The molecule has 4 aromatic rings. The Morgan fingerprint density at radius 1 is 1.00 bits per heavy atom. The summed E-state index contributed by atoms with van der Waals surface area (Å²) in [7, 11) is 0. The highest BCUT2D eigenvalue weighted by Gasteiger charge is 2.38. The highest BCUT2D eigenvalue weighted by Crippen LogP contribution is 2.34. The van der Waals surface area contributed by atoms with E-state index in [1.165, 1.54) is 38.5 Å². The van der Waals surface area contributed by atoms with Gasteiger partial charge in [-0.2, -0.15) is 0 Å². The summed E-state index contributed by atoms with van der Waals surface area (Å²) in [6.45, 7) is 6.66. The van der Waals surface area contributed by atoms with Gasteiger partial charge < -0.3 is 9.47 Å². The third-order valence-corrected chi connectivity index (χ3v) is 8.38. The Labute approximate surface area is 245 Å². The fourth-order valence-electron chi connectivity index (χ4n) is 5.31. The molecular weight excluding hydrogens is 530 g/mol. The SMILES string of the molecule is CC#CC(CC(=O)N1C(=O)OC[C@H]1Cc1ccccc1)c1ccc(OCc2cccc(-c3c(C)cccc3C)c2)s1. The normalized spacial score (nSPS) is 15.1. The van der Waals surface area contributed by atoms with Crippen LogP contribution in [-0.2, 0) is 22.6 Å². The van der Waals surface area contributed by atoms with Crippen molar-refractivity contribution in [2.24, 2.45) is 0 Å². The van der Waals surface area contributed by atoms with Crippen molar-refractivity contribution < 1.29 is 19.1 Å². The van der Waals surface area contributed by atoms with E-state index >= 15 is 0 Å². The van der Waals surface area contributed by atoms with Gasteiger partial charge in [-0.3, -0.25) is 4.79 Å². The van der Waals surface area contributed by atoms with Crippen LogP contribution in [0.3, 0.4) is 0 Å². The second-order valence-electron chi connectivity index (χ2n) is 10.2. The molecule has 41 heavy (non-hydrogen) atoms. The minimum absolute atomic E-state index is 0.0962. The van der Waals surface area contributed by atoms with Crippen LogP contribution >= 0.6 is 11.3 Å². The minimum Gasteiger partial charge on any atom is -0.479 e. The molecule has 6 heteroatoms. The molecule has 0 spiro atoms. The van der Waals surface area contributed by atoms with Gasteiger partial charge >= 0.3 is 6.09 Å². The lowest BCUT2D eigenvalue weighted by Gasteiger charge is -2.21. The monoisotopic (exact) mass is 563 g/mol. The maximum atomic E-state index is 13.4. The molecule has 2 heterocycles. The highest BCUT2D eigenvalue weighted by atomic mass is 32.1. The molecule has 1 aliphatic rings. The van der Waals surface area contributed by atoms with Crippen molar-refractivity contribution in [1.82, 2.24) is 4.90 Å². The lowest BCUT2D eigenvalue weighted by atomic mass is 9.95. The summed E-state index contributed by atoms with van der Waals surface area (Å²) in [5.41, 5.74) is 7.06. The molecule has 0 saturated carbocycles. The molecule has 208 valence electrons. The quantitative estimate of drug-likeness (QED) is 0.196. The van der Waals surface area contributed by atoms with E-state index in [0.29, 0.717) is 13.0 Å². The fourth-order valence-corrected chi connectivity index (χ4v) is 6.22. The van der Waals surface area contributed by atoms with Gasteiger partial charge in [-0.1, -0.05) is 72.7 Å². The molecule has 0 bridgehead atoms. The zero-order valence-electron chi connectivity index (χ0n) is 23.6. The van der Waals surface area contributed by atoms with Crippen LogP contribution in [0, 0.1) is 25.7 Å². The standard InChI is InChI=1S/C35H33NO4S/c1-4-10-28(21-32(37)36-30(23-40-35(36)38)20-26-13-6-5-7-14-26)31-17-18-33(41-31)39-22-27-15-9-16-29(19-27)34-24(2)11-8-12-25(34)3/h5-9,11-19,28,30H,20-23H2,1-3H3/t28?,30-/m1/s1. The molecule has 1 unspecified atom stereocenters. The van der Waals surface area contributed by atoms with Gasteiger partial charge in [0.05, 0.1) is 12.0 Å². The Hall–Kier alpha value is -4.34. The van der Waals surface area contributed by atoms with E-state index in [-0.39, 0.29) is 30.9 Å². The van der Waals surface area contributed by atoms with E-state index in [4.69, 9.17) is 9.47 Å². The molecule has 1 aliphatic heterocycles. The molecule has 0 radical (unpaired) electrons. The van der Waals surface area contributed by atoms with Gasteiger partial charge in [-0.15, -0.1) is 17.3 Å². The molecule has 5 rings (SSSR count). The summed E-state index contributed by atoms with van der Waals surface area (Å²) >= 11 is 1.48. The van der Waals surface area contributed by atoms with E-state index in [1.807, 2.05) is 42.5 Å². The third kappa shape index (κ3) is 6.70. The van der Waals surface area contributed by atoms with Crippen molar-refractivity contribution >= 4 is 23.3 Å². The first kappa shape index (κ1) is 28.2. The van der Waals surface area contributed by atoms with E-state index in [1.54, 1.807) is 6.92 Å². The summed E-state index contributed by atoms with van der Waals surface area (Å²) in [6.07, 6.45) is 0.0701. The molecule has 2 atom stereocenters. The summed E-state index contributed by atoms with van der Waals surface area (Å²) in [5.74, 6) is 5.50. The number of aryl methyl sites for hydroxylation is 2. The van der Waals surface area contributed by atoms with Gasteiger partial charge in [-0.25, -0.2) is 9.69 Å². The number of ether oxygens (including phenoxy) is 2. The fraction of sp³-hybridized carbons (Fsp3) is 0.257. The first-order chi connectivity index (χ1) is 19.9. The average Bonchev–Trinajstić information content (AvgIpc) is 3.59. The number of rotatable bonds is 9. The number of carbonyl (C=O) groups is 2. The number of thiophene rings is 1. The van der Waals surface area contributed by atoms with Crippen molar-refractivity contribution in [3.05, 3.63) is 112 Å². The molecule has 5 nitrogen and oxygen atoms in total. The molecule has 1 saturated heterocycles. The molecule has 2 amide bonds. The smallest absolute Gasteiger partial charge is 0.416 e. The molecule has 3 aromatic carbocycles. The molecule has 0 aliphatic carbocycles. The number of carbonyl (C=O) groups excluding carboxylic acids is 2. The largest absolute Gasteiger partial charge is 0.479 e. The first-order valence-electron chi connectivity index (χ1n) is 13.8. The van der Waals surface area contributed by atoms with Crippen LogP contribution < -0.4 is 4.74 Å². The van der Waals surface area contributed by atoms with E-state index in [2.05, 4.69) is 68.2 Å².